The average Bonchev–Trinajstić information content (AvgIpc) is 3.27. The van der Waals surface area contributed by atoms with Crippen LogP contribution in [0.4, 0.5) is 11.4 Å². The Kier molecular flexibility index (Phi) is 5.29. The van der Waals surface area contributed by atoms with E-state index in [1.807, 2.05) is 18.2 Å². The van der Waals surface area contributed by atoms with E-state index in [0.29, 0.717) is 36.9 Å². The van der Waals surface area contributed by atoms with Crippen LogP contribution in [0.3, 0.4) is 0 Å². The fraction of sp³-hybridized carbons (Fsp3) is 0.368. The molecular formula is C19H21N3O6S. The molecule has 0 spiro atoms. The molecule has 2 aliphatic rings. The molecule has 0 aliphatic carbocycles. The quantitative estimate of drug-likeness (QED) is 0.566. The highest BCUT2D eigenvalue weighted by Gasteiger charge is 2.31. The fourth-order valence-corrected chi connectivity index (χ4v) is 5.14. The second-order valence-corrected chi connectivity index (χ2v) is 8.83. The molecule has 9 nitrogen and oxygen atoms in total. The van der Waals surface area contributed by atoms with Crippen LogP contribution in [-0.2, 0) is 10.0 Å². The van der Waals surface area contributed by atoms with Crippen molar-refractivity contribution < 1.29 is 22.8 Å². The number of anilines is 1. The van der Waals surface area contributed by atoms with Gasteiger partial charge in [0.2, 0.25) is 10.0 Å². The van der Waals surface area contributed by atoms with Crippen LogP contribution in [0, 0.1) is 10.1 Å². The van der Waals surface area contributed by atoms with Crippen molar-refractivity contribution in [2.75, 3.05) is 31.6 Å². The van der Waals surface area contributed by atoms with Crippen LogP contribution in [0.1, 0.15) is 12.8 Å². The van der Waals surface area contributed by atoms with E-state index >= 15 is 0 Å². The van der Waals surface area contributed by atoms with E-state index in [1.165, 1.54) is 16.4 Å². The highest BCUT2D eigenvalue weighted by molar-refractivity contribution is 7.89. The van der Waals surface area contributed by atoms with Crippen LogP contribution in [0.25, 0.3) is 0 Å². The van der Waals surface area contributed by atoms with Crippen molar-refractivity contribution in [3.05, 3.63) is 52.6 Å². The van der Waals surface area contributed by atoms with Crippen LogP contribution in [0.2, 0.25) is 0 Å². The minimum atomic E-state index is -3.83. The minimum absolute atomic E-state index is 0.0919. The monoisotopic (exact) mass is 419 g/mol. The molecular weight excluding hydrogens is 398 g/mol. The van der Waals surface area contributed by atoms with Gasteiger partial charge in [-0.1, -0.05) is 12.1 Å². The van der Waals surface area contributed by atoms with Gasteiger partial charge in [-0.2, -0.15) is 4.31 Å². The second kappa shape index (κ2) is 7.88. The van der Waals surface area contributed by atoms with Gasteiger partial charge < -0.3 is 14.8 Å². The van der Waals surface area contributed by atoms with Gasteiger partial charge in [-0.25, -0.2) is 8.42 Å². The number of hydrogen-bond donors (Lipinski definition) is 1. The number of sulfonamides is 1. The Morgan fingerprint density at radius 3 is 2.59 bits per heavy atom. The molecule has 1 fully saturated rings. The van der Waals surface area contributed by atoms with Crippen LogP contribution in [-0.4, -0.2) is 50.0 Å². The molecule has 2 aromatic carbocycles. The van der Waals surface area contributed by atoms with Gasteiger partial charge in [0.15, 0.2) is 11.5 Å². The molecule has 2 heterocycles. The Labute approximate surface area is 168 Å². The first-order valence-electron chi connectivity index (χ1n) is 9.36. The largest absolute Gasteiger partial charge is 0.486 e. The SMILES string of the molecule is O=[N+]([O-])c1ccc(NC[C@H]2COc3ccccc3O2)c(S(=O)(=O)N2CCCC2)c1. The van der Waals surface area contributed by atoms with E-state index in [9.17, 15) is 18.5 Å². The van der Waals surface area contributed by atoms with Gasteiger partial charge >= 0.3 is 0 Å². The van der Waals surface area contributed by atoms with Gasteiger partial charge in [0.1, 0.15) is 17.6 Å². The Morgan fingerprint density at radius 2 is 1.86 bits per heavy atom. The first-order chi connectivity index (χ1) is 13.9. The predicted octanol–water partition coefficient (Wildman–Crippen LogP) is 2.63. The summed E-state index contributed by atoms with van der Waals surface area (Å²) in [4.78, 5) is 10.5. The number of nitro benzene ring substituents is 1. The summed E-state index contributed by atoms with van der Waals surface area (Å²) in [6, 6.07) is 11.1. The zero-order valence-electron chi connectivity index (χ0n) is 15.6. The van der Waals surface area contributed by atoms with Gasteiger partial charge in [-0.05, 0) is 31.0 Å². The Hall–Kier alpha value is -2.85. The molecule has 1 saturated heterocycles. The molecule has 0 saturated carbocycles. The number of benzene rings is 2. The van der Waals surface area contributed by atoms with Crippen molar-refractivity contribution >= 4 is 21.4 Å². The molecule has 0 aromatic heterocycles. The predicted molar refractivity (Wildman–Crippen MR) is 106 cm³/mol. The molecule has 29 heavy (non-hydrogen) atoms. The summed E-state index contributed by atoms with van der Waals surface area (Å²) in [5.74, 6) is 1.29. The standard InChI is InChI=1S/C19H21N3O6S/c23-22(24)14-7-8-16(19(11-14)29(25,26)21-9-3-4-10-21)20-12-15-13-27-17-5-1-2-6-18(17)28-15/h1-2,5-8,11,15,20H,3-4,9-10,12-13H2/t15-/m0/s1. The van der Waals surface area contributed by atoms with Crippen molar-refractivity contribution in [1.29, 1.82) is 0 Å². The third-order valence-corrected chi connectivity index (χ3v) is 6.89. The lowest BCUT2D eigenvalue weighted by atomic mass is 10.2. The van der Waals surface area contributed by atoms with E-state index < -0.39 is 14.9 Å². The summed E-state index contributed by atoms with van der Waals surface area (Å²) in [5.41, 5.74) is 0.0458. The summed E-state index contributed by atoms with van der Waals surface area (Å²) in [6.45, 7) is 1.43. The molecule has 2 aromatic rings. The third kappa shape index (κ3) is 3.99. The van der Waals surface area contributed by atoms with Gasteiger partial charge in [0, 0.05) is 25.2 Å². The van der Waals surface area contributed by atoms with Crippen molar-refractivity contribution in [3.63, 3.8) is 0 Å². The number of nitro groups is 1. The average molecular weight is 419 g/mol. The molecule has 1 N–H and O–H groups in total. The third-order valence-electron chi connectivity index (χ3n) is 4.95. The number of ether oxygens (including phenoxy) is 2. The summed E-state index contributed by atoms with van der Waals surface area (Å²) >= 11 is 0. The van der Waals surface area contributed by atoms with Gasteiger partial charge in [0.05, 0.1) is 17.2 Å². The van der Waals surface area contributed by atoms with E-state index in [4.69, 9.17) is 9.47 Å². The number of nitrogens with one attached hydrogen (secondary N) is 1. The van der Waals surface area contributed by atoms with Crippen LogP contribution < -0.4 is 14.8 Å². The number of fused-ring (bicyclic) bond motifs is 1. The molecule has 154 valence electrons. The molecule has 0 amide bonds. The first kappa shape index (κ1) is 19.5. The Balaban J connectivity index is 1.56. The van der Waals surface area contributed by atoms with Gasteiger partial charge in [0.25, 0.3) is 5.69 Å². The van der Waals surface area contributed by atoms with E-state index in [2.05, 4.69) is 5.32 Å². The minimum Gasteiger partial charge on any atom is -0.486 e. The number of nitrogens with zero attached hydrogens (tertiary/aromatic N) is 2. The van der Waals surface area contributed by atoms with Crippen LogP contribution in [0.5, 0.6) is 11.5 Å². The molecule has 0 unspecified atom stereocenters. The smallest absolute Gasteiger partial charge is 0.270 e. The molecule has 2 aliphatic heterocycles. The number of hydrogen-bond acceptors (Lipinski definition) is 7. The topological polar surface area (TPSA) is 111 Å². The van der Waals surface area contributed by atoms with Crippen LogP contribution in [0.15, 0.2) is 47.4 Å². The summed E-state index contributed by atoms with van der Waals surface area (Å²) in [6.07, 6.45) is 1.23. The summed E-state index contributed by atoms with van der Waals surface area (Å²) < 4.78 is 39.0. The first-order valence-corrected chi connectivity index (χ1v) is 10.8. The number of rotatable bonds is 6. The Morgan fingerprint density at radius 1 is 1.14 bits per heavy atom. The zero-order chi connectivity index (χ0) is 20.4. The van der Waals surface area contributed by atoms with Gasteiger partial charge in [-0.3, -0.25) is 10.1 Å². The fourth-order valence-electron chi connectivity index (χ4n) is 3.44. The lowest BCUT2D eigenvalue weighted by Crippen LogP contribution is -2.36. The maximum Gasteiger partial charge on any atom is 0.270 e. The summed E-state index contributed by atoms with van der Waals surface area (Å²) in [7, 11) is -3.83. The lowest BCUT2D eigenvalue weighted by Gasteiger charge is -2.27. The van der Waals surface area contributed by atoms with Crippen molar-refractivity contribution in [2.45, 2.75) is 23.8 Å². The number of para-hydroxylation sites is 2. The highest BCUT2D eigenvalue weighted by Crippen LogP contribution is 2.33. The van der Waals surface area contributed by atoms with Crippen molar-refractivity contribution in [1.82, 2.24) is 4.31 Å². The van der Waals surface area contributed by atoms with Crippen molar-refractivity contribution in [3.8, 4) is 11.5 Å². The molecule has 4 rings (SSSR count). The maximum atomic E-state index is 13.1. The normalized spacial score (nSPS) is 19.1. The van der Waals surface area contributed by atoms with Gasteiger partial charge in [-0.15, -0.1) is 0 Å². The molecule has 0 bridgehead atoms. The molecule has 0 radical (unpaired) electrons. The van der Waals surface area contributed by atoms with E-state index in [0.717, 1.165) is 18.9 Å². The summed E-state index contributed by atoms with van der Waals surface area (Å²) in [5, 5.41) is 14.3. The zero-order valence-corrected chi connectivity index (χ0v) is 16.4. The van der Waals surface area contributed by atoms with Crippen molar-refractivity contribution in [2.24, 2.45) is 0 Å². The maximum absolute atomic E-state index is 13.1. The molecule has 10 heteroatoms. The van der Waals surface area contributed by atoms with E-state index in [1.54, 1.807) is 6.07 Å². The van der Waals surface area contributed by atoms with Crippen LogP contribution >= 0.6 is 0 Å². The number of non-ortho nitro benzene ring substituents is 1. The van der Waals surface area contributed by atoms with E-state index in [-0.39, 0.29) is 23.2 Å². The molecule has 1 atom stereocenters. The second-order valence-electron chi connectivity index (χ2n) is 6.93. The Bertz CT molecular complexity index is 1020. The highest BCUT2D eigenvalue weighted by atomic mass is 32.2. The lowest BCUT2D eigenvalue weighted by molar-refractivity contribution is -0.385.